The molecule has 1 aromatic heterocycles. The van der Waals surface area contributed by atoms with Gasteiger partial charge in [0.2, 0.25) is 0 Å². The van der Waals surface area contributed by atoms with E-state index in [1.807, 2.05) is 0 Å². The zero-order valence-electron chi connectivity index (χ0n) is 9.06. The molecule has 0 bridgehead atoms. The molecule has 6 nitrogen and oxygen atoms in total. The fourth-order valence-electron chi connectivity index (χ4n) is 1.35. The molecule has 84 valence electrons. The zero-order valence-corrected chi connectivity index (χ0v) is 9.06. The zero-order chi connectivity index (χ0) is 11.1. The number of aromatic nitrogens is 4. The van der Waals surface area contributed by atoms with Gasteiger partial charge in [-0.2, -0.15) is 0 Å². The fourth-order valence-corrected chi connectivity index (χ4v) is 1.35. The molecule has 1 rings (SSSR count). The molecule has 0 saturated heterocycles. The molecule has 0 aliphatic heterocycles. The second-order valence-corrected chi connectivity index (χ2v) is 3.61. The molecule has 0 aromatic carbocycles. The van der Waals surface area contributed by atoms with E-state index < -0.39 is 0 Å². The van der Waals surface area contributed by atoms with Gasteiger partial charge in [0.1, 0.15) is 0 Å². The lowest BCUT2D eigenvalue weighted by molar-refractivity contribution is -0.135. The first-order valence-electron chi connectivity index (χ1n) is 5.16. The van der Waals surface area contributed by atoms with Crippen LogP contribution in [0, 0.1) is 5.92 Å². The average molecular weight is 212 g/mol. The first kappa shape index (κ1) is 11.6. The van der Waals surface area contributed by atoms with Crippen molar-refractivity contribution in [1.29, 1.82) is 0 Å². The summed E-state index contributed by atoms with van der Waals surface area (Å²) in [5.74, 6) is 0.256. The van der Waals surface area contributed by atoms with Gasteiger partial charge in [-0.15, -0.1) is 0 Å². The van der Waals surface area contributed by atoms with Crippen molar-refractivity contribution >= 4 is 5.97 Å². The highest BCUT2D eigenvalue weighted by molar-refractivity contribution is 5.71. The summed E-state index contributed by atoms with van der Waals surface area (Å²) in [5, 5.41) is 12.4. The van der Waals surface area contributed by atoms with Gasteiger partial charge >= 0.3 is 12.0 Å². The highest BCUT2D eigenvalue weighted by atomic mass is 16.6. The summed E-state index contributed by atoms with van der Waals surface area (Å²) in [6, 6.07) is 0.0585. The van der Waals surface area contributed by atoms with E-state index in [0.29, 0.717) is 12.3 Å². The van der Waals surface area contributed by atoms with Crippen LogP contribution >= 0.6 is 0 Å². The van der Waals surface area contributed by atoms with Crippen molar-refractivity contribution in [2.24, 2.45) is 5.92 Å². The minimum Gasteiger partial charge on any atom is -0.390 e. The van der Waals surface area contributed by atoms with Crippen LogP contribution in [-0.2, 0) is 4.79 Å². The third-order valence-electron chi connectivity index (χ3n) is 2.16. The third kappa shape index (κ3) is 4.53. The number of aromatic amines is 1. The Bertz CT molecular complexity index is 286. The molecular weight excluding hydrogens is 196 g/mol. The molecule has 0 amide bonds. The topological polar surface area (TPSA) is 80.8 Å². The Morgan fingerprint density at radius 3 is 2.93 bits per heavy atom. The molecule has 0 aliphatic carbocycles. The predicted molar refractivity (Wildman–Crippen MR) is 53.1 cm³/mol. The van der Waals surface area contributed by atoms with E-state index in [-0.39, 0.29) is 12.0 Å². The summed E-state index contributed by atoms with van der Waals surface area (Å²) in [6.45, 7) is 4.27. The molecular formula is C9H16N4O2. The van der Waals surface area contributed by atoms with E-state index in [1.54, 1.807) is 0 Å². The number of carbonyl (C=O) groups is 1. The summed E-state index contributed by atoms with van der Waals surface area (Å²) in [7, 11) is 0. The minimum atomic E-state index is -0.295. The van der Waals surface area contributed by atoms with E-state index in [0.717, 1.165) is 19.3 Å². The van der Waals surface area contributed by atoms with Gasteiger partial charge in [-0.05, 0) is 22.8 Å². The lowest BCUT2D eigenvalue weighted by Gasteiger charge is -2.07. The monoisotopic (exact) mass is 212 g/mol. The lowest BCUT2D eigenvalue weighted by Crippen LogP contribution is -2.10. The Morgan fingerprint density at radius 2 is 2.33 bits per heavy atom. The number of hydrogen-bond acceptors (Lipinski definition) is 5. The lowest BCUT2D eigenvalue weighted by atomic mass is 10.0. The van der Waals surface area contributed by atoms with Crippen LogP contribution in [0.25, 0.3) is 0 Å². The largest absolute Gasteiger partial charge is 0.390 e. The minimum absolute atomic E-state index is 0.0585. The third-order valence-corrected chi connectivity index (χ3v) is 2.16. The van der Waals surface area contributed by atoms with Crippen molar-refractivity contribution in [3.63, 3.8) is 0 Å². The van der Waals surface area contributed by atoms with Crippen LogP contribution in [0.3, 0.4) is 0 Å². The maximum Gasteiger partial charge on any atom is 0.340 e. The van der Waals surface area contributed by atoms with Crippen molar-refractivity contribution in [1.82, 2.24) is 20.6 Å². The Kier molecular flexibility index (Phi) is 4.73. The van der Waals surface area contributed by atoms with Crippen LogP contribution in [0.2, 0.25) is 0 Å². The molecule has 6 heteroatoms. The first-order valence-corrected chi connectivity index (χ1v) is 5.16. The second-order valence-electron chi connectivity index (χ2n) is 3.61. The predicted octanol–water partition coefficient (Wildman–Crippen LogP) is 1.32. The SMILES string of the molecule is CCCC(C)CCC(=O)Oc1nnn[nH]1. The number of carbonyl (C=O) groups excluding carboxylic acids is 1. The van der Waals surface area contributed by atoms with Gasteiger partial charge in [0.15, 0.2) is 0 Å². The Labute approximate surface area is 88.4 Å². The molecule has 0 saturated carbocycles. The molecule has 1 unspecified atom stereocenters. The van der Waals surface area contributed by atoms with Crippen molar-refractivity contribution < 1.29 is 9.53 Å². The number of tetrazole rings is 1. The van der Waals surface area contributed by atoms with Crippen LogP contribution in [0.5, 0.6) is 6.01 Å². The van der Waals surface area contributed by atoms with Crippen molar-refractivity contribution in [3.8, 4) is 6.01 Å². The van der Waals surface area contributed by atoms with Crippen LogP contribution in [-0.4, -0.2) is 26.6 Å². The molecule has 0 fully saturated rings. The summed E-state index contributed by atoms with van der Waals surface area (Å²) >= 11 is 0. The van der Waals surface area contributed by atoms with E-state index >= 15 is 0 Å². The Morgan fingerprint density at radius 1 is 1.53 bits per heavy atom. The number of rotatable bonds is 6. The molecule has 1 atom stereocenters. The average Bonchev–Trinajstić information content (AvgIpc) is 2.68. The van der Waals surface area contributed by atoms with Gasteiger partial charge in [-0.3, -0.25) is 4.79 Å². The van der Waals surface area contributed by atoms with Crippen LogP contribution < -0.4 is 4.74 Å². The summed E-state index contributed by atoms with van der Waals surface area (Å²) in [6.07, 6.45) is 3.52. The summed E-state index contributed by atoms with van der Waals surface area (Å²) in [4.78, 5) is 11.3. The van der Waals surface area contributed by atoms with Gasteiger partial charge in [0, 0.05) is 6.42 Å². The summed E-state index contributed by atoms with van der Waals surface area (Å²) in [5.41, 5.74) is 0. The van der Waals surface area contributed by atoms with E-state index in [2.05, 4.69) is 34.5 Å². The van der Waals surface area contributed by atoms with Gasteiger partial charge < -0.3 is 4.74 Å². The molecule has 1 aromatic rings. The highest BCUT2D eigenvalue weighted by Crippen LogP contribution is 2.12. The van der Waals surface area contributed by atoms with Crippen LogP contribution in [0.15, 0.2) is 0 Å². The molecule has 15 heavy (non-hydrogen) atoms. The van der Waals surface area contributed by atoms with Crippen molar-refractivity contribution in [2.75, 3.05) is 0 Å². The molecule has 0 aliphatic rings. The number of H-pyrrole nitrogens is 1. The molecule has 1 N–H and O–H groups in total. The molecule has 0 radical (unpaired) electrons. The molecule has 0 spiro atoms. The van der Waals surface area contributed by atoms with Crippen LogP contribution in [0.1, 0.15) is 39.5 Å². The smallest absolute Gasteiger partial charge is 0.340 e. The molecule has 1 heterocycles. The number of esters is 1. The van der Waals surface area contributed by atoms with Crippen molar-refractivity contribution in [2.45, 2.75) is 39.5 Å². The van der Waals surface area contributed by atoms with Gasteiger partial charge in [-0.25, -0.2) is 5.10 Å². The number of hydrogen-bond donors (Lipinski definition) is 1. The summed E-state index contributed by atoms with van der Waals surface area (Å²) < 4.78 is 4.85. The van der Waals surface area contributed by atoms with Gasteiger partial charge in [0.05, 0.1) is 0 Å². The quantitative estimate of drug-likeness (QED) is 0.719. The maximum absolute atomic E-state index is 11.3. The van der Waals surface area contributed by atoms with E-state index in [9.17, 15) is 4.79 Å². The van der Waals surface area contributed by atoms with E-state index in [4.69, 9.17) is 4.74 Å². The van der Waals surface area contributed by atoms with Crippen LogP contribution in [0.4, 0.5) is 0 Å². The normalized spacial score (nSPS) is 12.4. The Balaban J connectivity index is 2.19. The fraction of sp³-hybridized carbons (Fsp3) is 0.778. The van der Waals surface area contributed by atoms with Crippen molar-refractivity contribution in [3.05, 3.63) is 0 Å². The van der Waals surface area contributed by atoms with E-state index in [1.165, 1.54) is 0 Å². The van der Waals surface area contributed by atoms with Gasteiger partial charge in [0.25, 0.3) is 0 Å². The number of nitrogens with one attached hydrogen (secondary N) is 1. The standard InChI is InChI=1S/C9H16N4O2/c1-3-4-7(2)5-6-8(14)15-9-10-12-13-11-9/h7H,3-6H2,1-2H3,(H,10,11,12,13). The maximum atomic E-state index is 11.3. The number of ether oxygens (including phenoxy) is 1. The van der Waals surface area contributed by atoms with Gasteiger partial charge in [-0.1, -0.05) is 31.8 Å². The highest BCUT2D eigenvalue weighted by Gasteiger charge is 2.09. The second kappa shape index (κ2) is 6.10. The Hall–Kier alpha value is -1.46. The first-order chi connectivity index (χ1) is 7.22. The number of nitrogens with zero attached hydrogens (tertiary/aromatic N) is 3.